The van der Waals surface area contributed by atoms with Gasteiger partial charge in [-0.15, -0.1) is 0 Å². The van der Waals surface area contributed by atoms with Crippen LogP contribution in [0.25, 0.3) is 0 Å². The monoisotopic (exact) mass is 292 g/mol. The van der Waals surface area contributed by atoms with E-state index >= 15 is 0 Å². The van der Waals surface area contributed by atoms with E-state index in [9.17, 15) is 14.7 Å². The van der Waals surface area contributed by atoms with Crippen molar-refractivity contribution in [2.24, 2.45) is 0 Å². The highest BCUT2D eigenvalue weighted by Crippen LogP contribution is 2.16. The SMILES string of the molecule is O=C(O)c1ccccc1CCNC(=O)N1CCCC1CO. The number of aromatic carboxylic acids is 1. The van der Waals surface area contributed by atoms with Gasteiger partial charge in [0.15, 0.2) is 0 Å². The number of carbonyl (C=O) groups excluding carboxylic acids is 1. The van der Waals surface area contributed by atoms with Crippen LogP contribution in [0.2, 0.25) is 0 Å². The number of rotatable bonds is 5. The number of hydrogen-bond acceptors (Lipinski definition) is 3. The minimum atomic E-state index is -0.961. The van der Waals surface area contributed by atoms with E-state index in [4.69, 9.17) is 5.11 Å². The number of nitrogens with zero attached hydrogens (tertiary/aromatic N) is 1. The van der Waals surface area contributed by atoms with Gasteiger partial charge in [-0.2, -0.15) is 0 Å². The van der Waals surface area contributed by atoms with Crippen molar-refractivity contribution in [1.82, 2.24) is 10.2 Å². The third-order valence-electron chi connectivity index (χ3n) is 3.77. The van der Waals surface area contributed by atoms with Gasteiger partial charge >= 0.3 is 12.0 Å². The number of urea groups is 1. The quantitative estimate of drug-likeness (QED) is 0.758. The maximum Gasteiger partial charge on any atom is 0.335 e. The molecular weight excluding hydrogens is 272 g/mol. The van der Waals surface area contributed by atoms with Gasteiger partial charge < -0.3 is 20.4 Å². The van der Waals surface area contributed by atoms with Crippen LogP contribution in [0.1, 0.15) is 28.8 Å². The molecule has 2 rings (SSSR count). The number of likely N-dealkylation sites (tertiary alicyclic amines) is 1. The van der Waals surface area contributed by atoms with Crippen molar-refractivity contribution in [2.45, 2.75) is 25.3 Å². The molecule has 0 spiro atoms. The van der Waals surface area contributed by atoms with E-state index in [1.807, 2.05) is 0 Å². The van der Waals surface area contributed by atoms with E-state index in [1.165, 1.54) is 0 Å². The number of carboxylic acid groups (broad SMARTS) is 1. The summed E-state index contributed by atoms with van der Waals surface area (Å²) in [4.78, 5) is 24.7. The van der Waals surface area contributed by atoms with Gasteiger partial charge in [-0.25, -0.2) is 9.59 Å². The molecule has 6 heteroatoms. The van der Waals surface area contributed by atoms with Gasteiger partial charge in [-0.3, -0.25) is 0 Å². The van der Waals surface area contributed by atoms with E-state index in [2.05, 4.69) is 5.32 Å². The van der Waals surface area contributed by atoms with Crippen LogP contribution in [-0.2, 0) is 6.42 Å². The van der Waals surface area contributed by atoms with E-state index < -0.39 is 5.97 Å². The molecule has 1 fully saturated rings. The van der Waals surface area contributed by atoms with E-state index in [0.717, 1.165) is 12.8 Å². The summed E-state index contributed by atoms with van der Waals surface area (Å²) in [5.74, 6) is -0.961. The van der Waals surface area contributed by atoms with Gasteiger partial charge in [0.2, 0.25) is 0 Å². The lowest BCUT2D eigenvalue weighted by Crippen LogP contribution is -2.44. The van der Waals surface area contributed by atoms with Crippen molar-refractivity contribution in [3.8, 4) is 0 Å². The van der Waals surface area contributed by atoms with E-state index in [0.29, 0.717) is 25.1 Å². The third-order valence-corrected chi connectivity index (χ3v) is 3.77. The highest BCUT2D eigenvalue weighted by atomic mass is 16.4. The molecule has 0 aromatic heterocycles. The first-order valence-electron chi connectivity index (χ1n) is 7.10. The van der Waals surface area contributed by atoms with Gasteiger partial charge in [0.05, 0.1) is 18.2 Å². The van der Waals surface area contributed by atoms with Crippen LogP contribution >= 0.6 is 0 Å². The van der Waals surface area contributed by atoms with Crippen LogP contribution in [0.15, 0.2) is 24.3 Å². The molecule has 1 aliphatic heterocycles. The fourth-order valence-electron chi connectivity index (χ4n) is 2.65. The van der Waals surface area contributed by atoms with Gasteiger partial charge in [0.1, 0.15) is 0 Å². The Bertz CT molecular complexity index is 518. The summed E-state index contributed by atoms with van der Waals surface area (Å²) in [7, 11) is 0. The first-order chi connectivity index (χ1) is 10.1. The normalized spacial score (nSPS) is 17.8. The van der Waals surface area contributed by atoms with Crippen LogP contribution in [-0.4, -0.2) is 52.9 Å². The largest absolute Gasteiger partial charge is 0.478 e. The third kappa shape index (κ3) is 3.72. The predicted octanol–water partition coefficient (Wildman–Crippen LogP) is 1.09. The van der Waals surface area contributed by atoms with Crippen molar-refractivity contribution in [1.29, 1.82) is 0 Å². The number of carboxylic acids is 1. The molecule has 0 radical (unpaired) electrons. The van der Waals surface area contributed by atoms with Crippen LogP contribution in [0.5, 0.6) is 0 Å². The Morgan fingerprint density at radius 1 is 1.33 bits per heavy atom. The zero-order valence-corrected chi connectivity index (χ0v) is 11.8. The van der Waals surface area contributed by atoms with E-state index in [-0.39, 0.29) is 24.2 Å². The molecule has 0 aliphatic carbocycles. The predicted molar refractivity (Wildman–Crippen MR) is 77.3 cm³/mol. The minimum absolute atomic E-state index is 0.0186. The second-order valence-corrected chi connectivity index (χ2v) is 5.12. The van der Waals surface area contributed by atoms with Crippen LogP contribution < -0.4 is 5.32 Å². The first-order valence-corrected chi connectivity index (χ1v) is 7.10. The number of hydrogen-bond donors (Lipinski definition) is 3. The summed E-state index contributed by atoms with van der Waals surface area (Å²) in [5, 5.41) is 21.1. The molecule has 0 saturated carbocycles. The number of benzene rings is 1. The maximum atomic E-state index is 12.0. The molecule has 0 bridgehead atoms. The molecule has 1 unspecified atom stereocenters. The number of aliphatic hydroxyl groups is 1. The molecule has 1 heterocycles. The maximum absolute atomic E-state index is 12.0. The highest BCUT2D eigenvalue weighted by Gasteiger charge is 2.27. The minimum Gasteiger partial charge on any atom is -0.478 e. The summed E-state index contributed by atoms with van der Waals surface area (Å²) < 4.78 is 0. The summed E-state index contributed by atoms with van der Waals surface area (Å²) in [6.45, 7) is 1.01. The molecule has 114 valence electrons. The van der Waals surface area contributed by atoms with Crippen molar-refractivity contribution in [2.75, 3.05) is 19.7 Å². The number of carbonyl (C=O) groups is 2. The van der Waals surface area contributed by atoms with Gasteiger partial charge in [-0.05, 0) is 30.9 Å². The second kappa shape index (κ2) is 7.08. The van der Waals surface area contributed by atoms with Crippen LogP contribution in [0, 0.1) is 0 Å². The van der Waals surface area contributed by atoms with E-state index in [1.54, 1.807) is 29.2 Å². The Morgan fingerprint density at radius 2 is 2.10 bits per heavy atom. The summed E-state index contributed by atoms with van der Waals surface area (Å²) in [5.41, 5.74) is 0.964. The van der Waals surface area contributed by atoms with Crippen LogP contribution in [0.3, 0.4) is 0 Å². The molecule has 1 atom stereocenters. The van der Waals surface area contributed by atoms with Crippen molar-refractivity contribution >= 4 is 12.0 Å². The van der Waals surface area contributed by atoms with Crippen LogP contribution in [0.4, 0.5) is 4.79 Å². The second-order valence-electron chi connectivity index (χ2n) is 5.12. The molecular formula is C15H20N2O4. The lowest BCUT2D eigenvalue weighted by molar-refractivity contribution is 0.0695. The Balaban J connectivity index is 1.87. The Kier molecular flexibility index (Phi) is 5.16. The number of nitrogens with one attached hydrogen (secondary N) is 1. The molecule has 1 aromatic carbocycles. The molecule has 1 aromatic rings. The molecule has 21 heavy (non-hydrogen) atoms. The molecule has 1 saturated heterocycles. The van der Waals surface area contributed by atoms with Gasteiger partial charge in [0.25, 0.3) is 0 Å². The molecule has 6 nitrogen and oxygen atoms in total. The zero-order valence-electron chi connectivity index (χ0n) is 11.8. The molecule has 3 N–H and O–H groups in total. The zero-order chi connectivity index (χ0) is 15.2. The Labute approximate surface area is 123 Å². The number of amides is 2. The van der Waals surface area contributed by atoms with Gasteiger partial charge in [-0.1, -0.05) is 18.2 Å². The molecule has 2 amide bonds. The average molecular weight is 292 g/mol. The van der Waals surface area contributed by atoms with Crippen molar-refractivity contribution in [3.05, 3.63) is 35.4 Å². The smallest absolute Gasteiger partial charge is 0.335 e. The van der Waals surface area contributed by atoms with Crippen molar-refractivity contribution < 1.29 is 19.8 Å². The fourth-order valence-corrected chi connectivity index (χ4v) is 2.65. The average Bonchev–Trinajstić information content (AvgIpc) is 2.96. The first kappa shape index (κ1) is 15.3. The highest BCUT2D eigenvalue weighted by molar-refractivity contribution is 5.89. The summed E-state index contributed by atoms with van der Waals surface area (Å²) in [6.07, 6.45) is 2.19. The summed E-state index contributed by atoms with van der Waals surface area (Å²) in [6, 6.07) is 6.48. The lowest BCUT2D eigenvalue weighted by Gasteiger charge is -2.23. The standard InChI is InChI=1S/C15H20N2O4/c18-10-12-5-3-9-17(12)15(21)16-8-7-11-4-1-2-6-13(11)14(19)20/h1-2,4,6,12,18H,3,5,7-10H2,(H,16,21)(H,19,20). The lowest BCUT2D eigenvalue weighted by atomic mass is 10.0. The van der Waals surface area contributed by atoms with Crippen molar-refractivity contribution in [3.63, 3.8) is 0 Å². The molecule has 1 aliphatic rings. The fraction of sp³-hybridized carbons (Fsp3) is 0.467. The summed E-state index contributed by atoms with van der Waals surface area (Å²) >= 11 is 0. The number of aliphatic hydroxyl groups excluding tert-OH is 1. The topological polar surface area (TPSA) is 89.9 Å². The Hall–Kier alpha value is -2.08. The Morgan fingerprint density at radius 3 is 2.81 bits per heavy atom. The van der Waals surface area contributed by atoms with Gasteiger partial charge in [0, 0.05) is 13.1 Å².